The molecule has 0 saturated heterocycles. The van der Waals surface area contributed by atoms with Crippen LogP contribution in [0.15, 0.2) is 65.1 Å². The van der Waals surface area contributed by atoms with Crippen molar-refractivity contribution in [2.24, 2.45) is 5.92 Å². The van der Waals surface area contributed by atoms with E-state index in [0.29, 0.717) is 0 Å². The molecule has 1 aliphatic rings. The lowest BCUT2D eigenvalue weighted by atomic mass is 9.89. The van der Waals surface area contributed by atoms with E-state index >= 15 is 0 Å². The van der Waals surface area contributed by atoms with Crippen molar-refractivity contribution in [2.45, 2.75) is 6.54 Å². The summed E-state index contributed by atoms with van der Waals surface area (Å²) in [6, 6.07) is 18.8. The Morgan fingerprint density at radius 2 is 1.77 bits per heavy atom. The molecule has 2 aromatic rings. The normalized spacial score (nSPS) is 19.0. The van der Waals surface area contributed by atoms with Crippen molar-refractivity contribution >= 4 is 21.5 Å². The fraction of sp³-hybridized carbons (Fsp3) is 0.263. The highest BCUT2D eigenvalue weighted by molar-refractivity contribution is 9.10. The van der Waals surface area contributed by atoms with E-state index < -0.39 is 0 Å². The van der Waals surface area contributed by atoms with Crippen LogP contribution in [0.1, 0.15) is 11.1 Å². The van der Waals surface area contributed by atoms with Crippen molar-refractivity contribution < 1.29 is 5.11 Å². The summed E-state index contributed by atoms with van der Waals surface area (Å²) in [7, 11) is 0. The van der Waals surface area contributed by atoms with Crippen molar-refractivity contribution in [2.75, 3.05) is 19.7 Å². The first-order valence-electron chi connectivity index (χ1n) is 7.59. The summed E-state index contributed by atoms with van der Waals surface area (Å²) in [6.45, 7) is 2.94. The number of rotatable bonds is 4. The number of halogens is 1. The third kappa shape index (κ3) is 3.67. The summed E-state index contributed by atoms with van der Waals surface area (Å²) in [5.74, 6) is 0.179. The highest BCUT2D eigenvalue weighted by atomic mass is 79.9. The van der Waals surface area contributed by atoms with E-state index in [-0.39, 0.29) is 12.5 Å². The molecule has 0 bridgehead atoms. The van der Waals surface area contributed by atoms with E-state index in [2.05, 4.69) is 75.4 Å². The molecule has 0 saturated carbocycles. The van der Waals surface area contributed by atoms with Crippen LogP contribution in [0.4, 0.5) is 0 Å². The van der Waals surface area contributed by atoms with Gasteiger partial charge in [-0.25, -0.2) is 0 Å². The van der Waals surface area contributed by atoms with Crippen LogP contribution in [-0.4, -0.2) is 29.7 Å². The summed E-state index contributed by atoms with van der Waals surface area (Å²) in [4.78, 5) is 2.39. The Bertz CT molecular complexity index is 636. The first-order valence-corrected chi connectivity index (χ1v) is 8.38. The fourth-order valence-corrected chi connectivity index (χ4v) is 3.27. The molecule has 2 aromatic carbocycles. The summed E-state index contributed by atoms with van der Waals surface area (Å²) in [5, 5.41) is 9.78. The van der Waals surface area contributed by atoms with Gasteiger partial charge >= 0.3 is 0 Å². The van der Waals surface area contributed by atoms with Crippen molar-refractivity contribution in [3.63, 3.8) is 0 Å². The van der Waals surface area contributed by atoms with Gasteiger partial charge in [-0.2, -0.15) is 0 Å². The summed E-state index contributed by atoms with van der Waals surface area (Å²) >= 11 is 3.47. The Morgan fingerprint density at radius 1 is 1.05 bits per heavy atom. The second-order valence-corrected chi connectivity index (χ2v) is 6.64. The maximum Gasteiger partial charge on any atom is 0.0512 e. The zero-order valence-corrected chi connectivity index (χ0v) is 14.0. The number of hydrogen-bond acceptors (Lipinski definition) is 2. The molecule has 1 heterocycles. The smallest absolute Gasteiger partial charge is 0.0512 e. The van der Waals surface area contributed by atoms with Crippen LogP contribution in [0.25, 0.3) is 5.57 Å². The average Bonchev–Trinajstić information content (AvgIpc) is 2.56. The third-order valence-electron chi connectivity index (χ3n) is 4.13. The van der Waals surface area contributed by atoms with E-state index in [1.807, 2.05) is 6.07 Å². The van der Waals surface area contributed by atoms with Gasteiger partial charge in [-0.1, -0.05) is 64.5 Å². The second kappa shape index (κ2) is 7.23. The Kier molecular flexibility index (Phi) is 5.08. The van der Waals surface area contributed by atoms with E-state index in [1.54, 1.807) is 0 Å². The molecule has 3 heteroatoms. The average molecular weight is 358 g/mol. The minimum absolute atomic E-state index is 0.179. The Balaban J connectivity index is 1.75. The largest absolute Gasteiger partial charge is 0.396 e. The SMILES string of the molecule is OC[C@H]1CN(Cc2ccccc2)CC=C1c1ccc(Br)cc1. The third-order valence-corrected chi connectivity index (χ3v) is 4.66. The second-order valence-electron chi connectivity index (χ2n) is 5.73. The lowest BCUT2D eigenvalue weighted by Crippen LogP contribution is -2.35. The van der Waals surface area contributed by atoms with Crippen LogP contribution >= 0.6 is 15.9 Å². The van der Waals surface area contributed by atoms with E-state index in [9.17, 15) is 5.11 Å². The molecule has 114 valence electrons. The number of aliphatic hydroxyl groups is 1. The minimum Gasteiger partial charge on any atom is -0.396 e. The van der Waals surface area contributed by atoms with Gasteiger partial charge in [0, 0.05) is 30.0 Å². The first-order chi connectivity index (χ1) is 10.8. The molecule has 0 aliphatic carbocycles. The molecule has 0 fully saturated rings. The highest BCUT2D eigenvalue weighted by Gasteiger charge is 2.23. The van der Waals surface area contributed by atoms with Crippen molar-refractivity contribution in [1.29, 1.82) is 0 Å². The number of benzene rings is 2. The van der Waals surface area contributed by atoms with E-state index in [1.165, 1.54) is 16.7 Å². The van der Waals surface area contributed by atoms with Gasteiger partial charge in [0.1, 0.15) is 0 Å². The van der Waals surface area contributed by atoms with Gasteiger partial charge in [-0.3, -0.25) is 4.90 Å². The van der Waals surface area contributed by atoms with Gasteiger partial charge in [-0.05, 0) is 28.8 Å². The zero-order chi connectivity index (χ0) is 15.4. The Hall–Kier alpha value is -1.42. The topological polar surface area (TPSA) is 23.5 Å². The van der Waals surface area contributed by atoms with Crippen LogP contribution in [0.5, 0.6) is 0 Å². The molecule has 22 heavy (non-hydrogen) atoms. The maximum absolute atomic E-state index is 9.78. The lowest BCUT2D eigenvalue weighted by Gasteiger charge is -2.32. The molecule has 1 aliphatic heterocycles. The molecular formula is C19H20BrNO. The summed E-state index contributed by atoms with van der Waals surface area (Å²) < 4.78 is 1.08. The van der Waals surface area contributed by atoms with Gasteiger partial charge in [0.15, 0.2) is 0 Å². The monoisotopic (exact) mass is 357 g/mol. The maximum atomic E-state index is 9.78. The molecular weight excluding hydrogens is 338 g/mol. The molecule has 0 unspecified atom stereocenters. The fourth-order valence-electron chi connectivity index (χ4n) is 3.00. The Morgan fingerprint density at radius 3 is 2.45 bits per heavy atom. The van der Waals surface area contributed by atoms with Gasteiger partial charge in [0.05, 0.1) is 6.61 Å². The summed E-state index contributed by atoms with van der Waals surface area (Å²) in [5.41, 5.74) is 3.79. The lowest BCUT2D eigenvalue weighted by molar-refractivity contribution is 0.189. The quantitative estimate of drug-likeness (QED) is 0.895. The van der Waals surface area contributed by atoms with Crippen molar-refractivity contribution in [3.05, 3.63) is 76.3 Å². The first kappa shape index (κ1) is 15.5. The molecule has 2 nitrogen and oxygen atoms in total. The van der Waals surface area contributed by atoms with Crippen molar-refractivity contribution in [3.8, 4) is 0 Å². The zero-order valence-electron chi connectivity index (χ0n) is 12.5. The van der Waals surface area contributed by atoms with Gasteiger partial charge in [-0.15, -0.1) is 0 Å². The highest BCUT2D eigenvalue weighted by Crippen LogP contribution is 2.29. The summed E-state index contributed by atoms with van der Waals surface area (Å²) in [6.07, 6.45) is 2.26. The van der Waals surface area contributed by atoms with Gasteiger partial charge in [0.25, 0.3) is 0 Å². The molecule has 0 radical (unpaired) electrons. The van der Waals surface area contributed by atoms with Gasteiger partial charge in [0.2, 0.25) is 0 Å². The van der Waals surface area contributed by atoms with E-state index in [0.717, 1.165) is 24.1 Å². The Labute approximate surface area is 140 Å². The predicted molar refractivity (Wildman–Crippen MR) is 94.4 cm³/mol. The number of hydrogen-bond donors (Lipinski definition) is 1. The molecule has 1 atom stereocenters. The van der Waals surface area contributed by atoms with Crippen molar-refractivity contribution in [1.82, 2.24) is 4.90 Å². The van der Waals surface area contributed by atoms with E-state index in [4.69, 9.17) is 0 Å². The molecule has 0 aromatic heterocycles. The van der Waals surface area contributed by atoms with Crippen LogP contribution in [0, 0.1) is 5.92 Å². The number of aliphatic hydroxyl groups excluding tert-OH is 1. The van der Waals surface area contributed by atoms with Crippen LogP contribution in [-0.2, 0) is 6.54 Å². The van der Waals surface area contributed by atoms with Crippen LogP contribution < -0.4 is 0 Å². The molecule has 0 spiro atoms. The molecule has 3 rings (SSSR count). The van der Waals surface area contributed by atoms with Crippen LogP contribution in [0.3, 0.4) is 0 Å². The van der Waals surface area contributed by atoms with Gasteiger partial charge < -0.3 is 5.11 Å². The predicted octanol–water partition coefficient (Wildman–Crippen LogP) is 3.96. The molecule has 0 amide bonds. The minimum atomic E-state index is 0.179. The number of nitrogens with zero attached hydrogens (tertiary/aromatic N) is 1. The van der Waals surface area contributed by atoms with Crippen LogP contribution in [0.2, 0.25) is 0 Å². The standard InChI is InChI=1S/C19H20BrNO/c20-18-8-6-16(7-9-18)19-10-11-21(13-17(19)14-22)12-15-4-2-1-3-5-15/h1-10,17,22H,11-14H2/t17-/m1/s1. The molecule has 1 N–H and O–H groups in total.